The normalized spacial score (nSPS) is 17.0. The molecule has 0 aliphatic heterocycles. The molecule has 0 aromatic heterocycles. The number of benzene rings is 1. The summed E-state index contributed by atoms with van der Waals surface area (Å²) in [5.41, 5.74) is -1.41. The van der Waals surface area contributed by atoms with Gasteiger partial charge in [0.25, 0.3) is 0 Å². The molecular weight excluding hydrogens is 293 g/mol. The molecule has 120 valence electrons. The third-order valence-corrected chi connectivity index (χ3v) is 3.60. The van der Waals surface area contributed by atoms with Crippen LogP contribution in [0.5, 0.6) is 0 Å². The van der Waals surface area contributed by atoms with Crippen molar-refractivity contribution in [1.82, 2.24) is 10.2 Å². The Hall–Kier alpha value is -1.82. The minimum Gasteiger partial charge on any atom is -0.343 e. The van der Waals surface area contributed by atoms with E-state index < -0.39 is 17.3 Å². The summed E-state index contributed by atoms with van der Waals surface area (Å²) in [5.74, 6) is -0.365. The molecular formula is C16H19F3N2O. The van der Waals surface area contributed by atoms with Crippen LogP contribution >= 0.6 is 0 Å². The molecule has 22 heavy (non-hydrogen) atoms. The van der Waals surface area contributed by atoms with Crippen molar-refractivity contribution in [1.29, 1.82) is 0 Å². The summed E-state index contributed by atoms with van der Waals surface area (Å²) in [6.07, 6.45) is -0.324. The molecule has 6 heteroatoms. The average Bonchev–Trinajstić information content (AvgIpc) is 3.18. The van der Waals surface area contributed by atoms with Crippen molar-refractivity contribution in [2.75, 3.05) is 20.6 Å². The van der Waals surface area contributed by atoms with Crippen LogP contribution in [0, 0.1) is 0 Å². The van der Waals surface area contributed by atoms with Crippen molar-refractivity contribution in [2.45, 2.75) is 24.6 Å². The van der Waals surface area contributed by atoms with Gasteiger partial charge in [-0.25, -0.2) is 0 Å². The molecule has 1 N–H and O–H groups in total. The highest BCUT2D eigenvalue weighted by atomic mass is 19.4. The summed E-state index contributed by atoms with van der Waals surface area (Å²) in [4.78, 5) is 13.8. The highest BCUT2D eigenvalue weighted by molar-refractivity contribution is 5.88. The van der Waals surface area contributed by atoms with Crippen LogP contribution in [0.2, 0.25) is 0 Å². The Kier molecular flexibility index (Phi) is 4.60. The molecule has 1 aromatic rings. The number of likely N-dealkylation sites (N-methyl/N-ethyl adjacent to an activating group) is 1. The van der Waals surface area contributed by atoms with Gasteiger partial charge in [0, 0.05) is 12.6 Å². The summed E-state index contributed by atoms with van der Waals surface area (Å²) in [5, 5.41) is 2.73. The van der Waals surface area contributed by atoms with Crippen LogP contribution in [0.15, 0.2) is 36.4 Å². The Balaban J connectivity index is 2.16. The maximum absolute atomic E-state index is 13.1. The Morgan fingerprint density at radius 1 is 1.32 bits per heavy atom. The monoisotopic (exact) mass is 312 g/mol. The lowest BCUT2D eigenvalue weighted by atomic mass is 9.97. The quantitative estimate of drug-likeness (QED) is 0.848. The van der Waals surface area contributed by atoms with Gasteiger partial charge in [0.05, 0.1) is 11.1 Å². The van der Waals surface area contributed by atoms with Gasteiger partial charge in [-0.1, -0.05) is 24.3 Å². The molecule has 0 radical (unpaired) electrons. The van der Waals surface area contributed by atoms with Crippen LogP contribution in [-0.4, -0.2) is 31.4 Å². The highest BCUT2D eigenvalue weighted by Crippen LogP contribution is 2.49. The maximum Gasteiger partial charge on any atom is 0.416 e. The van der Waals surface area contributed by atoms with Gasteiger partial charge in [0.2, 0.25) is 5.91 Å². The first-order valence-electron chi connectivity index (χ1n) is 7.05. The van der Waals surface area contributed by atoms with Crippen molar-refractivity contribution in [3.63, 3.8) is 0 Å². The molecule has 0 unspecified atom stereocenters. The van der Waals surface area contributed by atoms with Gasteiger partial charge in [0.1, 0.15) is 0 Å². The number of nitrogens with one attached hydrogen (secondary N) is 1. The average molecular weight is 312 g/mol. The van der Waals surface area contributed by atoms with Crippen LogP contribution < -0.4 is 5.32 Å². The molecule has 0 bridgehead atoms. The van der Waals surface area contributed by atoms with Gasteiger partial charge >= 0.3 is 6.18 Å². The number of carbonyl (C=O) groups excluding carboxylic acids is 1. The zero-order chi connectivity index (χ0) is 16.4. The van der Waals surface area contributed by atoms with E-state index in [1.165, 1.54) is 18.2 Å². The Morgan fingerprint density at radius 3 is 2.50 bits per heavy atom. The van der Waals surface area contributed by atoms with E-state index >= 15 is 0 Å². The van der Waals surface area contributed by atoms with Crippen molar-refractivity contribution < 1.29 is 18.0 Å². The molecule has 0 heterocycles. The van der Waals surface area contributed by atoms with Crippen LogP contribution in [-0.2, 0) is 16.5 Å². The Bertz CT molecular complexity index is 575. The van der Waals surface area contributed by atoms with Gasteiger partial charge in [-0.3, -0.25) is 4.79 Å². The second-order valence-electron chi connectivity index (χ2n) is 5.78. The van der Waals surface area contributed by atoms with E-state index in [0.717, 1.165) is 6.07 Å². The number of hydrogen-bond donors (Lipinski definition) is 1. The fourth-order valence-electron chi connectivity index (χ4n) is 2.38. The van der Waals surface area contributed by atoms with Crippen molar-refractivity contribution in [3.05, 3.63) is 47.5 Å². The molecule has 3 nitrogen and oxygen atoms in total. The Labute approximate surface area is 127 Å². The maximum atomic E-state index is 13.1. The number of nitrogens with zero attached hydrogens (tertiary/aromatic N) is 1. The molecule has 1 aliphatic carbocycles. The predicted octanol–water partition coefficient (Wildman–Crippen LogP) is 2.93. The fraction of sp³-hybridized carbons (Fsp3) is 0.438. The smallest absolute Gasteiger partial charge is 0.343 e. The topological polar surface area (TPSA) is 32.3 Å². The minimum absolute atomic E-state index is 0.150. The standard InChI is InChI=1S/C16H19F3N2O/c1-21(2)11-5-8-14(22)20-15(9-10-15)12-6-3-4-7-13(12)16(17,18)19/h3-8H,9-11H2,1-2H3,(H,20,22)/b8-5+. The van der Waals surface area contributed by atoms with Gasteiger partial charge in [-0.05, 0) is 38.6 Å². The molecule has 1 aromatic carbocycles. The Morgan fingerprint density at radius 2 is 1.95 bits per heavy atom. The zero-order valence-corrected chi connectivity index (χ0v) is 12.6. The van der Waals surface area contributed by atoms with Crippen LogP contribution in [0.3, 0.4) is 0 Å². The lowest BCUT2D eigenvalue weighted by molar-refractivity contribution is -0.139. The summed E-state index contributed by atoms with van der Waals surface area (Å²) < 4.78 is 39.3. The molecule has 1 fully saturated rings. The number of rotatable bonds is 5. The fourth-order valence-corrected chi connectivity index (χ4v) is 2.38. The first kappa shape index (κ1) is 16.5. The van der Waals surface area contributed by atoms with E-state index in [2.05, 4.69) is 5.32 Å². The number of alkyl halides is 3. The van der Waals surface area contributed by atoms with Crippen molar-refractivity contribution >= 4 is 5.91 Å². The predicted molar refractivity (Wildman–Crippen MR) is 78.2 cm³/mol. The number of amides is 1. The molecule has 1 amide bonds. The molecule has 0 atom stereocenters. The van der Waals surface area contributed by atoms with Gasteiger partial charge in [0.15, 0.2) is 0 Å². The second-order valence-corrected chi connectivity index (χ2v) is 5.78. The largest absolute Gasteiger partial charge is 0.416 e. The van der Waals surface area contributed by atoms with Crippen LogP contribution in [0.4, 0.5) is 13.2 Å². The second kappa shape index (κ2) is 6.12. The number of carbonyl (C=O) groups is 1. The summed E-state index contributed by atoms with van der Waals surface area (Å²) in [6.45, 7) is 0.597. The van der Waals surface area contributed by atoms with Crippen molar-refractivity contribution in [3.8, 4) is 0 Å². The summed E-state index contributed by atoms with van der Waals surface area (Å²) in [7, 11) is 3.73. The van der Waals surface area contributed by atoms with Crippen molar-refractivity contribution in [2.24, 2.45) is 0 Å². The van der Waals surface area contributed by atoms with Crippen LogP contribution in [0.1, 0.15) is 24.0 Å². The molecule has 1 aliphatic rings. The van der Waals surface area contributed by atoms with E-state index in [9.17, 15) is 18.0 Å². The minimum atomic E-state index is -4.42. The molecule has 2 rings (SSSR count). The van der Waals surface area contributed by atoms with Gasteiger partial charge in [-0.15, -0.1) is 0 Å². The van der Waals surface area contributed by atoms with Crippen LogP contribution in [0.25, 0.3) is 0 Å². The number of hydrogen-bond acceptors (Lipinski definition) is 2. The highest BCUT2D eigenvalue weighted by Gasteiger charge is 2.49. The molecule has 1 saturated carbocycles. The lowest BCUT2D eigenvalue weighted by Gasteiger charge is -2.21. The zero-order valence-electron chi connectivity index (χ0n) is 12.6. The molecule has 0 saturated heterocycles. The first-order chi connectivity index (χ1) is 10.2. The third kappa shape index (κ3) is 3.88. The van der Waals surface area contributed by atoms with E-state index in [-0.39, 0.29) is 11.5 Å². The lowest BCUT2D eigenvalue weighted by Crippen LogP contribution is -2.35. The SMILES string of the molecule is CN(C)C/C=C/C(=O)NC1(c2ccccc2C(F)(F)F)CC1. The number of halogens is 3. The summed E-state index contributed by atoms with van der Waals surface area (Å²) >= 11 is 0. The first-order valence-corrected chi connectivity index (χ1v) is 7.05. The van der Waals surface area contributed by atoms with Gasteiger partial charge in [-0.2, -0.15) is 13.2 Å². The van der Waals surface area contributed by atoms with E-state index in [1.54, 1.807) is 12.1 Å². The third-order valence-electron chi connectivity index (χ3n) is 3.60. The van der Waals surface area contributed by atoms with E-state index in [0.29, 0.717) is 19.4 Å². The molecule has 0 spiro atoms. The van der Waals surface area contributed by atoms with Gasteiger partial charge < -0.3 is 10.2 Å². The summed E-state index contributed by atoms with van der Waals surface area (Å²) in [6, 6.07) is 5.43. The van der Waals surface area contributed by atoms with E-state index in [1.807, 2.05) is 19.0 Å². The van der Waals surface area contributed by atoms with E-state index in [4.69, 9.17) is 0 Å².